The van der Waals surface area contributed by atoms with E-state index in [4.69, 9.17) is 0 Å². The number of nitrogens with zero attached hydrogens (tertiary/aromatic N) is 2. The van der Waals surface area contributed by atoms with Crippen LogP contribution in [0.4, 0.5) is 0 Å². The first-order valence-electron chi connectivity index (χ1n) is 7.37. The Hall–Kier alpha value is -2.51. The monoisotopic (exact) mass is 415 g/mol. The molecule has 3 aromatic rings. The number of halogens is 1. The summed E-state index contributed by atoms with van der Waals surface area (Å²) in [7, 11) is -3.77. The van der Waals surface area contributed by atoms with Gasteiger partial charge in [0.15, 0.2) is 0 Å². The second-order valence-electron chi connectivity index (χ2n) is 5.12. The van der Waals surface area contributed by atoms with Crippen molar-refractivity contribution in [3.05, 3.63) is 94.7 Å². The third-order valence-corrected chi connectivity index (χ3v) is 5.14. The summed E-state index contributed by atoms with van der Waals surface area (Å²) in [5, 5.41) is 4.16. The maximum Gasteiger partial charge on any atom is 0.276 e. The topological polar surface area (TPSA) is 71.4 Å². The van der Waals surface area contributed by atoms with Gasteiger partial charge in [-0.25, -0.2) is 0 Å². The summed E-state index contributed by atoms with van der Waals surface area (Å²) in [6.07, 6.45) is 3.29. The fraction of sp³-hybridized carbons (Fsp3) is 0. The molecule has 0 aliphatic rings. The molecule has 5 nitrogen and oxygen atoms in total. The molecule has 0 bridgehead atoms. The van der Waals surface area contributed by atoms with Gasteiger partial charge in [-0.2, -0.15) is 18.4 Å². The van der Waals surface area contributed by atoms with Crippen LogP contribution in [0.5, 0.6) is 0 Å². The molecular formula is C18H14BrN3O2S. The van der Waals surface area contributed by atoms with Gasteiger partial charge in [0, 0.05) is 28.0 Å². The highest BCUT2D eigenvalue weighted by atomic mass is 79.9. The van der Waals surface area contributed by atoms with Gasteiger partial charge in [-0.15, -0.1) is 0 Å². The van der Waals surface area contributed by atoms with E-state index in [1.165, 1.54) is 12.1 Å². The maximum atomic E-state index is 12.5. The van der Waals surface area contributed by atoms with E-state index >= 15 is 0 Å². The van der Waals surface area contributed by atoms with E-state index in [1.54, 1.807) is 30.6 Å². The number of hydrogen-bond acceptors (Lipinski definition) is 4. The highest BCUT2D eigenvalue weighted by molar-refractivity contribution is 9.10. The van der Waals surface area contributed by atoms with Crippen LogP contribution < -0.4 is 4.83 Å². The van der Waals surface area contributed by atoms with Crippen LogP contribution in [0.2, 0.25) is 0 Å². The highest BCUT2D eigenvalue weighted by Crippen LogP contribution is 2.15. The molecule has 0 saturated heterocycles. The van der Waals surface area contributed by atoms with Gasteiger partial charge in [0.25, 0.3) is 10.0 Å². The third kappa shape index (κ3) is 4.32. The van der Waals surface area contributed by atoms with E-state index in [9.17, 15) is 8.42 Å². The molecule has 3 rings (SSSR count). The van der Waals surface area contributed by atoms with E-state index < -0.39 is 10.0 Å². The Morgan fingerprint density at radius 1 is 0.920 bits per heavy atom. The molecule has 1 N–H and O–H groups in total. The Labute approximate surface area is 154 Å². The Balaban J connectivity index is 1.98. The summed E-state index contributed by atoms with van der Waals surface area (Å²) < 4.78 is 25.7. The first kappa shape index (κ1) is 17.3. The fourth-order valence-electron chi connectivity index (χ4n) is 2.17. The van der Waals surface area contributed by atoms with Crippen LogP contribution in [0.25, 0.3) is 0 Å². The van der Waals surface area contributed by atoms with Gasteiger partial charge in [0.1, 0.15) is 5.71 Å². The number of rotatable bonds is 5. The summed E-state index contributed by atoms with van der Waals surface area (Å²) in [6, 6.07) is 19.3. The summed E-state index contributed by atoms with van der Waals surface area (Å²) in [4.78, 5) is 6.53. The van der Waals surface area contributed by atoms with Crippen LogP contribution in [0.1, 0.15) is 11.1 Å². The molecule has 7 heteroatoms. The van der Waals surface area contributed by atoms with Gasteiger partial charge in [-0.05, 0) is 36.4 Å². The first-order valence-corrected chi connectivity index (χ1v) is 9.65. The second kappa shape index (κ2) is 7.58. The molecule has 0 aliphatic carbocycles. The molecule has 0 amide bonds. The van der Waals surface area contributed by atoms with Crippen molar-refractivity contribution in [1.82, 2.24) is 9.82 Å². The van der Waals surface area contributed by atoms with Gasteiger partial charge in [0.2, 0.25) is 0 Å². The molecule has 0 saturated carbocycles. The minimum atomic E-state index is -3.77. The number of benzene rings is 2. The van der Waals surface area contributed by atoms with Crippen LogP contribution >= 0.6 is 15.9 Å². The lowest BCUT2D eigenvalue weighted by atomic mass is 10.0. The molecule has 126 valence electrons. The van der Waals surface area contributed by atoms with Crippen molar-refractivity contribution < 1.29 is 8.42 Å². The van der Waals surface area contributed by atoms with Gasteiger partial charge in [-0.3, -0.25) is 4.98 Å². The third-order valence-electron chi connectivity index (χ3n) is 3.38. The highest BCUT2D eigenvalue weighted by Gasteiger charge is 2.14. The fourth-order valence-corrected chi connectivity index (χ4v) is 3.24. The Morgan fingerprint density at radius 3 is 2.24 bits per heavy atom. The maximum absolute atomic E-state index is 12.5. The smallest absolute Gasteiger partial charge is 0.264 e. The number of nitrogens with one attached hydrogen (secondary N) is 1. The molecule has 0 fully saturated rings. The number of pyridine rings is 1. The van der Waals surface area contributed by atoms with Crippen molar-refractivity contribution in [2.75, 3.05) is 0 Å². The lowest BCUT2D eigenvalue weighted by Gasteiger charge is -2.09. The van der Waals surface area contributed by atoms with Crippen molar-refractivity contribution in [2.24, 2.45) is 5.10 Å². The van der Waals surface area contributed by atoms with Crippen LogP contribution in [0, 0.1) is 0 Å². The van der Waals surface area contributed by atoms with E-state index in [0.29, 0.717) is 11.3 Å². The largest absolute Gasteiger partial charge is 0.276 e. The second-order valence-corrected chi connectivity index (χ2v) is 7.69. The molecule has 2 aromatic carbocycles. The number of hydrogen-bond donors (Lipinski definition) is 1. The predicted molar refractivity (Wildman–Crippen MR) is 101 cm³/mol. The zero-order chi connectivity index (χ0) is 17.7. The van der Waals surface area contributed by atoms with Crippen LogP contribution in [-0.4, -0.2) is 19.1 Å². The SMILES string of the molecule is O=S(=O)(N/N=C(\c1ccccc1)c1cccnc1)c1ccc(Br)cc1. The van der Waals surface area contributed by atoms with Crippen molar-refractivity contribution in [3.63, 3.8) is 0 Å². The van der Waals surface area contributed by atoms with E-state index in [2.05, 4.69) is 30.8 Å². The summed E-state index contributed by atoms with van der Waals surface area (Å²) >= 11 is 3.29. The molecule has 0 aliphatic heterocycles. The number of sulfonamides is 1. The molecule has 0 radical (unpaired) electrons. The van der Waals surface area contributed by atoms with Crippen molar-refractivity contribution >= 4 is 31.7 Å². The first-order chi connectivity index (χ1) is 12.1. The summed E-state index contributed by atoms with van der Waals surface area (Å²) in [6.45, 7) is 0. The lowest BCUT2D eigenvalue weighted by Crippen LogP contribution is -2.21. The minimum Gasteiger partial charge on any atom is -0.264 e. The Bertz CT molecular complexity index is 932. The molecule has 25 heavy (non-hydrogen) atoms. The molecule has 0 spiro atoms. The van der Waals surface area contributed by atoms with Gasteiger partial charge >= 0.3 is 0 Å². The lowest BCUT2D eigenvalue weighted by molar-refractivity contribution is 0.584. The van der Waals surface area contributed by atoms with Crippen molar-refractivity contribution in [1.29, 1.82) is 0 Å². The summed E-state index contributed by atoms with van der Waals surface area (Å²) in [5.74, 6) is 0. The van der Waals surface area contributed by atoms with Gasteiger partial charge < -0.3 is 0 Å². The van der Waals surface area contributed by atoms with E-state index in [-0.39, 0.29) is 4.90 Å². The molecule has 1 heterocycles. The van der Waals surface area contributed by atoms with Crippen molar-refractivity contribution in [2.45, 2.75) is 4.90 Å². The van der Waals surface area contributed by atoms with Crippen LogP contribution in [-0.2, 0) is 10.0 Å². The average molecular weight is 416 g/mol. The molecule has 0 atom stereocenters. The molecule has 1 aromatic heterocycles. The Kier molecular flexibility index (Phi) is 5.25. The molecular weight excluding hydrogens is 402 g/mol. The quantitative estimate of drug-likeness (QED) is 0.511. The normalized spacial score (nSPS) is 12.0. The van der Waals surface area contributed by atoms with E-state index in [0.717, 1.165) is 10.0 Å². The van der Waals surface area contributed by atoms with Crippen molar-refractivity contribution in [3.8, 4) is 0 Å². The standard InChI is InChI=1S/C18H14BrN3O2S/c19-16-8-10-17(11-9-16)25(23,24)22-21-18(14-5-2-1-3-6-14)15-7-4-12-20-13-15/h1-13,22H/b21-18+. The predicted octanol–water partition coefficient (Wildman–Crippen LogP) is 3.58. The van der Waals surface area contributed by atoms with Crippen LogP contribution in [0.3, 0.4) is 0 Å². The van der Waals surface area contributed by atoms with E-state index in [1.807, 2.05) is 36.4 Å². The van der Waals surface area contributed by atoms with Gasteiger partial charge in [-0.1, -0.05) is 46.3 Å². The zero-order valence-corrected chi connectivity index (χ0v) is 15.4. The van der Waals surface area contributed by atoms with Gasteiger partial charge in [0.05, 0.1) is 4.90 Å². The summed E-state index contributed by atoms with van der Waals surface area (Å²) in [5.41, 5.74) is 2.00. The minimum absolute atomic E-state index is 0.137. The number of hydrazone groups is 1. The number of aromatic nitrogens is 1. The molecule has 0 unspecified atom stereocenters. The van der Waals surface area contributed by atoms with Crippen LogP contribution in [0.15, 0.2) is 93.6 Å². The zero-order valence-electron chi connectivity index (χ0n) is 13.0. The average Bonchev–Trinajstić information content (AvgIpc) is 2.64. The Morgan fingerprint density at radius 2 is 1.60 bits per heavy atom.